The van der Waals surface area contributed by atoms with Gasteiger partial charge in [0, 0.05) is 0 Å². The number of isothiocyanates is 1. The summed E-state index contributed by atoms with van der Waals surface area (Å²) >= 11 is 4.68. The molecule has 0 atom stereocenters. The lowest BCUT2D eigenvalue weighted by Gasteiger charge is -2.11. The highest BCUT2D eigenvalue weighted by molar-refractivity contribution is 7.78. The Balaban J connectivity index is 1.63. The van der Waals surface area contributed by atoms with Crippen LogP contribution in [0.2, 0.25) is 0 Å². The van der Waals surface area contributed by atoms with Crippen LogP contribution >= 0.6 is 12.2 Å². The van der Waals surface area contributed by atoms with Crippen molar-refractivity contribution in [2.24, 2.45) is 4.99 Å². The van der Waals surface area contributed by atoms with Gasteiger partial charge < -0.3 is 0 Å². The van der Waals surface area contributed by atoms with E-state index in [1.807, 2.05) is 12.1 Å². The standard InChI is InChI=1S/C27H29NS/c1-2-3-4-5-8-22-11-13-23(14-12-22)15-16-24-9-6-7-10-27(24)25-17-19-26(20-18-25)28-21-29/h6-7,9-14,17-20H,2-5,8,15-16H2,1H3. The van der Waals surface area contributed by atoms with E-state index in [4.69, 9.17) is 0 Å². The first kappa shape index (κ1) is 21.2. The summed E-state index contributed by atoms with van der Waals surface area (Å²) in [7, 11) is 0. The highest BCUT2D eigenvalue weighted by Crippen LogP contribution is 2.27. The van der Waals surface area contributed by atoms with Crippen molar-refractivity contribution in [2.75, 3.05) is 0 Å². The van der Waals surface area contributed by atoms with E-state index in [0.717, 1.165) is 18.5 Å². The molecule has 29 heavy (non-hydrogen) atoms. The van der Waals surface area contributed by atoms with Crippen LogP contribution in [0.15, 0.2) is 77.8 Å². The number of rotatable bonds is 10. The predicted molar refractivity (Wildman–Crippen MR) is 128 cm³/mol. The Kier molecular flexibility index (Phi) is 8.37. The summed E-state index contributed by atoms with van der Waals surface area (Å²) in [5, 5.41) is 2.42. The fourth-order valence-electron chi connectivity index (χ4n) is 3.70. The Morgan fingerprint density at radius 3 is 2.10 bits per heavy atom. The molecule has 0 aliphatic carbocycles. The van der Waals surface area contributed by atoms with E-state index in [2.05, 4.69) is 90.0 Å². The van der Waals surface area contributed by atoms with Crippen molar-refractivity contribution in [1.82, 2.24) is 0 Å². The predicted octanol–water partition coefficient (Wildman–Crippen LogP) is 8.00. The number of aliphatic imine (C=N–C) groups is 1. The lowest BCUT2D eigenvalue weighted by Crippen LogP contribution is -1.95. The fourth-order valence-corrected chi connectivity index (χ4v) is 3.80. The van der Waals surface area contributed by atoms with Crippen molar-refractivity contribution < 1.29 is 0 Å². The average Bonchev–Trinajstić information content (AvgIpc) is 2.77. The maximum absolute atomic E-state index is 4.68. The molecule has 3 aromatic rings. The van der Waals surface area contributed by atoms with Crippen molar-refractivity contribution in [1.29, 1.82) is 0 Å². The second-order valence-electron chi connectivity index (χ2n) is 7.53. The molecule has 3 aromatic carbocycles. The molecule has 0 saturated carbocycles. The van der Waals surface area contributed by atoms with Gasteiger partial charge in [-0.1, -0.05) is 86.8 Å². The quantitative estimate of drug-likeness (QED) is 0.191. The lowest BCUT2D eigenvalue weighted by atomic mass is 9.94. The third-order valence-corrected chi connectivity index (χ3v) is 5.49. The molecule has 0 fully saturated rings. The zero-order chi connectivity index (χ0) is 20.3. The molecular formula is C27H29NS. The smallest absolute Gasteiger partial charge is 0.0739 e. The molecule has 0 saturated heterocycles. The maximum atomic E-state index is 4.68. The number of unbranched alkanes of at least 4 members (excludes halogenated alkanes) is 3. The number of thiocarbonyl (C=S) groups is 1. The van der Waals surface area contributed by atoms with E-state index >= 15 is 0 Å². The number of hydrogen-bond acceptors (Lipinski definition) is 2. The second-order valence-corrected chi connectivity index (χ2v) is 7.72. The van der Waals surface area contributed by atoms with Crippen LogP contribution in [-0.4, -0.2) is 5.16 Å². The normalized spacial score (nSPS) is 10.5. The van der Waals surface area contributed by atoms with E-state index in [1.165, 1.54) is 59.9 Å². The van der Waals surface area contributed by atoms with Gasteiger partial charge in [-0.15, -0.1) is 0 Å². The van der Waals surface area contributed by atoms with Crippen molar-refractivity contribution >= 4 is 23.1 Å². The van der Waals surface area contributed by atoms with Crippen LogP contribution in [0, 0.1) is 0 Å². The molecule has 0 aliphatic heterocycles. The molecule has 0 radical (unpaired) electrons. The zero-order valence-corrected chi connectivity index (χ0v) is 18.0. The first-order chi connectivity index (χ1) is 14.3. The van der Waals surface area contributed by atoms with Crippen LogP contribution in [0.3, 0.4) is 0 Å². The number of aryl methyl sites for hydroxylation is 3. The number of nitrogens with zero attached hydrogens (tertiary/aromatic N) is 1. The van der Waals surface area contributed by atoms with E-state index in [-0.39, 0.29) is 0 Å². The van der Waals surface area contributed by atoms with Crippen LogP contribution < -0.4 is 0 Å². The fraction of sp³-hybridized carbons (Fsp3) is 0.296. The third-order valence-electron chi connectivity index (χ3n) is 5.40. The summed E-state index contributed by atoms with van der Waals surface area (Å²) in [5.74, 6) is 0. The SMILES string of the molecule is CCCCCCc1ccc(CCc2ccccc2-c2ccc(N=C=S)cc2)cc1. The monoisotopic (exact) mass is 399 g/mol. The summed E-state index contributed by atoms with van der Waals surface area (Å²) in [5.41, 5.74) is 7.59. The molecule has 148 valence electrons. The molecule has 3 rings (SSSR count). The van der Waals surface area contributed by atoms with Gasteiger partial charge in [0.05, 0.1) is 10.8 Å². The van der Waals surface area contributed by atoms with Gasteiger partial charge in [0.1, 0.15) is 0 Å². The lowest BCUT2D eigenvalue weighted by molar-refractivity contribution is 0.667. The Morgan fingerprint density at radius 2 is 1.41 bits per heavy atom. The molecule has 0 aliphatic rings. The van der Waals surface area contributed by atoms with Crippen molar-refractivity contribution in [3.63, 3.8) is 0 Å². The molecule has 0 aromatic heterocycles. The molecule has 2 heteroatoms. The summed E-state index contributed by atoms with van der Waals surface area (Å²) in [6, 6.07) is 26.1. The van der Waals surface area contributed by atoms with E-state index in [9.17, 15) is 0 Å². The van der Waals surface area contributed by atoms with Gasteiger partial charge in [0.25, 0.3) is 0 Å². The van der Waals surface area contributed by atoms with E-state index in [0.29, 0.717) is 0 Å². The van der Waals surface area contributed by atoms with Crippen LogP contribution in [0.1, 0.15) is 49.3 Å². The van der Waals surface area contributed by atoms with E-state index < -0.39 is 0 Å². The van der Waals surface area contributed by atoms with E-state index in [1.54, 1.807) is 0 Å². The molecule has 0 bridgehead atoms. The van der Waals surface area contributed by atoms with Gasteiger partial charge in [0.15, 0.2) is 0 Å². The molecule has 0 unspecified atom stereocenters. The number of hydrogen-bond donors (Lipinski definition) is 0. The summed E-state index contributed by atoms with van der Waals surface area (Å²) < 4.78 is 0. The topological polar surface area (TPSA) is 12.4 Å². The first-order valence-electron chi connectivity index (χ1n) is 10.6. The van der Waals surface area contributed by atoms with Gasteiger partial charge in [-0.3, -0.25) is 0 Å². The Bertz CT molecular complexity index is 935. The highest BCUT2D eigenvalue weighted by atomic mass is 32.1. The second kappa shape index (κ2) is 11.5. The molecule has 0 heterocycles. The van der Waals surface area contributed by atoms with Crippen LogP contribution in [0.4, 0.5) is 5.69 Å². The Labute approximate surface area is 180 Å². The van der Waals surface area contributed by atoms with Gasteiger partial charge in [-0.05, 0) is 77.9 Å². The van der Waals surface area contributed by atoms with Crippen molar-refractivity contribution in [2.45, 2.75) is 51.9 Å². The first-order valence-corrected chi connectivity index (χ1v) is 11.0. The molecule has 0 N–H and O–H groups in total. The Morgan fingerprint density at radius 1 is 0.724 bits per heavy atom. The molecule has 0 amide bonds. The largest absolute Gasteiger partial charge is 0.195 e. The maximum Gasteiger partial charge on any atom is 0.0739 e. The zero-order valence-electron chi connectivity index (χ0n) is 17.2. The summed E-state index contributed by atoms with van der Waals surface area (Å²) in [6.07, 6.45) is 8.58. The van der Waals surface area contributed by atoms with Gasteiger partial charge >= 0.3 is 0 Å². The number of benzene rings is 3. The van der Waals surface area contributed by atoms with Crippen molar-refractivity contribution in [3.8, 4) is 11.1 Å². The molecular weight excluding hydrogens is 370 g/mol. The van der Waals surface area contributed by atoms with Crippen LogP contribution in [0.5, 0.6) is 0 Å². The Hall–Kier alpha value is -2.54. The minimum absolute atomic E-state index is 0.844. The minimum Gasteiger partial charge on any atom is -0.195 e. The summed E-state index contributed by atoms with van der Waals surface area (Å²) in [6.45, 7) is 2.26. The van der Waals surface area contributed by atoms with Crippen molar-refractivity contribution in [3.05, 3.63) is 89.5 Å². The van der Waals surface area contributed by atoms with Gasteiger partial charge in [0.2, 0.25) is 0 Å². The minimum atomic E-state index is 0.844. The highest BCUT2D eigenvalue weighted by Gasteiger charge is 2.06. The van der Waals surface area contributed by atoms with Crippen LogP contribution in [0.25, 0.3) is 11.1 Å². The average molecular weight is 400 g/mol. The van der Waals surface area contributed by atoms with Gasteiger partial charge in [-0.25, -0.2) is 0 Å². The van der Waals surface area contributed by atoms with Gasteiger partial charge in [-0.2, -0.15) is 4.99 Å². The third kappa shape index (κ3) is 6.49. The molecule has 0 spiro atoms. The summed E-state index contributed by atoms with van der Waals surface area (Å²) in [4.78, 5) is 4.04. The molecule has 1 nitrogen and oxygen atoms in total. The van der Waals surface area contributed by atoms with Crippen LogP contribution in [-0.2, 0) is 19.3 Å².